The van der Waals surface area contributed by atoms with Crippen LogP contribution in [-0.4, -0.2) is 19.9 Å². The largest absolute Gasteiger partial charge is 0.254 e. The van der Waals surface area contributed by atoms with Crippen molar-refractivity contribution >= 4 is 11.0 Å². The monoisotopic (exact) mass is 336 g/mol. The molecular formula is C22H16N4. The van der Waals surface area contributed by atoms with Gasteiger partial charge in [-0.25, -0.2) is 9.97 Å². The maximum absolute atomic E-state index is 4.94. The van der Waals surface area contributed by atoms with Crippen molar-refractivity contribution in [3.8, 4) is 22.8 Å². The van der Waals surface area contributed by atoms with Crippen LogP contribution in [0, 0.1) is 0 Å². The second-order valence-corrected chi connectivity index (χ2v) is 7.06. The Balaban J connectivity index is 1.62. The van der Waals surface area contributed by atoms with Crippen molar-refractivity contribution in [3.05, 3.63) is 71.0 Å². The molecule has 0 saturated heterocycles. The van der Waals surface area contributed by atoms with E-state index in [1.807, 2.05) is 24.5 Å². The van der Waals surface area contributed by atoms with Gasteiger partial charge >= 0.3 is 0 Å². The molecule has 6 rings (SSSR count). The van der Waals surface area contributed by atoms with Gasteiger partial charge in [0.25, 0.3) is 0 Å². The first-order valence-corrected chi connectivity index (χ1v) is 9.09. The summed E-state index contributed by atoms with van der Waals surface area (Å²) in [6.45, 7) is 0. The second kappa shape index (κ2) is 5.18. The van der Waals surface area contributed by atoms with Crippen molar-refractivity contribution in [3.63, 3.8) is 0 Å². The number of hydrogen-bond donors (Lipinski definition) is 0. The zero-order valence-corrected chi connectivity index (χ0v) is 14.2. The predicted octanol–water partition coefficient (Wildman–Crippen LogP) is 3.95. The molecule has 0 bridgehead atoms. The molecule has 0 unspecified atom stereocenters. The summed E-state index contributed by atoms with van der Waals surface area (Å²) < 4.78 is 0. The van der Waals surface area contributed by atoms with Crippen LogP contribution in [0.25, 0.3) is 33.8 Å². The predicted molar refractivity (Wildman–Crippen MR) is 101 cm³/mol. The first-order chi connectivity index (χ1) is 12.9. The number of rotatable bonds is 0. The van der Waals surface area contributed by atoms with E-state index in [1.54, 1.807) is 0 Å². The smallest absolute Gasteiger partial charge is 0.160 e. The van der Waals surface area contributed by atoms with Crippen LogP contribution >= 0.6 is 0 Å². The summed E-state index contributed by atoms with van der Waals surface area (Å²) >= 11 is 0. The van der Waals surface area contributed by atoms with E-state index in [9.17, 15) is 0 Å². The zero-order valence-electron chi connectivity index (χ0n) is 14.2. The normalized spacial score (nSPS) is 14.3. The standard InChI is InChI=1S/C22H16N4/c1-3-13-5-7-15-11-17-12-16-8-6-14-4-2-10-24-19(14)21(16)26-22(17)25-20(15)18(13)23-9-1/h1-4,9-12H,5-8H2. The van der Waals surface area contributed by atoms with E-state index in [2.05, 4.69) is 34.2 Å². The van der Waals surface area contributed by atoms with Crippen molar-refractivity contribution < 1.29 is 0 Å². The van der Waals surface area contributed by atoms with Crippen LogP contribution in [0.1, 0.15) is 22.3 Å². The molecule has 4 heteroatoms. The molecule has 4 heterocycles. The van der Waals surface area contributed by atoms with E-state index in [-0.39, 0.29) is 0 Å². The van der Waals surface area contributed by atoms with Crippen LogP contribution in [-0.2, 0) is 25.7 Å². The van der Waals surface area contributed by atoms with Gasteiger partial charge in [-0.1, -0.05) is 12.1 Å². The molecular weight excluding hydrogens is 320 g/mol. The van der Waals surface area contributed by atoms with E-state index in [1.165, 1.54) is 22.3 Å². The average Bonchev–Trinajstić information content (AvgIpc) is 2.71. The van der Waals surface area contributed by atoms with Gasteiger partial charge in [0, 0.05) is 17.8 Å². The Morgan fingerprint density at radius 3 is 1.62 bits per heavy atom. The number of pyridine rings is 4. The van der Waals surface area contributed by atoms with E-state index < -0.39 is 0 Å². The van der Waals surface area contributed by atoms with Crippen LogP contribution < -0.4 is 0 Å². The third-order valence-corrected chi connectivity index (χ3v) is 5.52. The Labute approximate surface area is 151 Å². The highest BCUT2D eigenvalue weighted by Crippen LogP contribution is 2.35. The molecule has 4 aromatic heterocycles. The molecule has 4 nitrogen and oxygen atoms in total. The molecule has 4 aromatic rings. The highest BCUT2D eigenvalue weighted by Gasteiger charge is 2.23. The minimum atomic E-state index is 0.791. The fourth-order valence-corrected chi connectivity index (χ4v) is 4.23. The molecule has 26 heavy (non-hydrogen) atoms. The average molecular weight is 336 g/mol. The van der Waals surface area contributed by atoms with Crippen molar-refractivity contribution in [1.29, 1.82) is 0 Å². The number of nitrogens with zero attached hydrogens (tertiary/aromatic N) is 4. The molecule has 2 aliphatic rings. The summed E-state index contributed by atoms with van der Waals surface area (Å²) in [7, 11) is 0. The quantitative estimate of drug-likeness (QED) is 0.488. The Morgan fingerprint density at radius 1 is 0.577 bits per heavy atom. The maximum atomic E-state index is 4.94. The minimum Gasteiger partial charge on any atom is -0.254 e. The number of aromatic nitrogens is 4. The van der Waals surface area contributed by atoms with Gasteiger partial charge in [0.2, 0.25) is 0 Å². The van der Waals surface area contributed by atoms with Crippen LogP contribution in [0.2, 0.25) is 0 Å². The maximum Gasteiger partial charge on any atom is 0.160 e. The topological polar surface area (TPSA) is 51.6 Å². The fraction of sp³-hybridized carbons (Fsp3) is 0.182. The lowest BCUT2D eigenvalue weighted by molar-refractivity contribution is 0.907. The molecule has 0 saturated carbocycles. The SMILES string of the molecule is c1cnc2c(c1)CCc1cc3cc4c(nc3nc1-2)-c1ncccc1CC4. The molecule has 0 radical (unpaired) electrons. The Kier molecular flexibility index (Phi) is 2.80. The fourth-order valence-electron chi connectivity index (χ4n) is 4.23. The second-order valence-electron chi connectivity index (χ2n) is 7.06. The van der Waals surface area contributed by atoms with Crippen molar-refractivity contribution in [2.45, 2.75) is 25.7 Å². The third-order valence-electron chi connectivity index (χ3n) is 5.52. The van der Waals surface area contributed by atoms with Gasteiger partial charge in [0.1, 0.15) is 0 Å². The molecule has 0 amide bonds. The Morgan fingerprint density at radius 2 is 1.08 bits per heavy atom. The summed E-state index contributed by atoms with van der Waals surface area (Å²) in [6, 6.07) is 12.8. The van der Waals surface area contributed by atoms with E-state index in [4.69, 9.17) is 9.97 Å². The van der Waals surface area contributed by atoms with Crippen molar-refractivity contribution in [1.82, 2.24) is 19.9 Å². The Bertz CT molecular complexity index is 1110. The summed E-state index contributed by atoms with van der Waals surface area (Å²) in [5, 5.41) is 1.13. The molecule has 0 spiro atoms. The highest BCUT2D eigenvalue weighted by molar-refractivity contribution is 5.85. The van der Waals surface area contributed by atoms with Crippen LogP contribution in [0.5, 0.6) is 0 Å². The minimum absolute atomic E-state index is 0.791. The molecule has 0 N–H and O–H groups in total. The third kappa shape index (κ3) is 1.96. The van der Waals surface area contributed by atoms with E-state index in [0.29, 0.717) is 0 Å². The first kappa shape index (κ1) is 14.1. The molecule has 2 aliphatic carbocycles. The summed E-state index contributed by atoms with van der Waals surface area (Å²) in [6.07, 6.45) is 7.77. The lowest BCUT2D eigenvalue weighted by Crippen LogP contribution is -2.10. The highest BCUT2D eigenvalue weighted by atomic mass is 14.9. The van der Waals surface area contributed by atoms with Crippen molar-refractivity contribution in [2.75, 3.05) is 0 Å². The van der Waals surface area contributed by atoms with Gasteiger partial charge in [-0.2, -0.15) is 0 Å². The van der Waals surface area contributed by atoms with Gasteiger partial charge in [0.15, 0.2) is 5.65 Å². The Hall–Kier alpha value is -3.14. The zero-order chi connectivity index (χ0) is 17.1. The van der Waals surface area contributed by atoms with E-state index >= 15 is 0 Å². The first-order valence-electron chi connectivity index (χ1n) is 9.09. The van der Waals surface area contributed by atoms with Crippen LogP contribution in [0.3, 0.4) is 0 Å². The van der Waals surface area contributed by atoms with Gasteiger partial charge in [-0.3, -0.25) is 9.97 Å². The number of hydrogen-bond acceptors (Lipinski definition) is 4. The van der Waals surface area contributed by atoms with Crippen molar-refractivity contribution in [2.24, 2.45) is 0 Å². The van der Waals surface area contributed by atoms with E-state index in [0.717, 1.165) is 59.5 Å². The summed E-state index contributed by atoms with van der Waals surface area (Å²) in [5.74, 6) is 0. The summed E-state index contributed by atoms with van der Waals surface area (Å²) in [4.78, 5) is 19.0. The molecule has 0 aliphatic heterocycles. The molecule has 0 fully saturated rings. The lowest BCUT2D eigenvalue weighted by atomic mass is 9.90. The van der Waals surface area contributed by atoms with Gasteiger partial charge in [-0.05, 0) is 72.2 Å². The molecule has 0 atom stereocenters. The number of fused-ring (bicyclic) bond motifs is 7. The van der Waals surface area contributed by atoms with Gasteiger partial charge < -0.3 is 0 Å². The van der Waals surface area contributed by atoms with Crippen LogP contribution in [0.15, 0.2) is 48.8 Å². The lowest BCUT2D eigenvalue weighted by Gasteiger charge is -2.20. The summed E-state index contributed by atoms with van der Waals surface area (Å²) in [5.41, 5.74) is 9.89. The van der Waals surface area contributed by atoms with Gasteiger partial charge in [-0.15, -0.1) is 0 Å². The van der Waals surface area contributed by atoms with Crippen LogP contribution in [0.4, 0.5) is 0 Å². The molecule has 124 valence electrons. The molecule has 0 aromatic carbocycles. The number of aryl methyl sites for hydroxylation is 4. The van der Waals surface area contributed by atoms with Gasteiger partial charge in [0.05, 0.1) is 22.8 Å².